The molecule has 0 radical (unpaired) electrons. The van der Waals surface area contributed by atoms with Crippen molar-refractivity contribution in [2.45, 2.75) is 31.1 Å². The summed E-state index contributed by atoms with van der Waals surface area (Å²) in [5, 5.41) is 2.93. The second kappa shape index (κ2) is 8.14. The Morgan fingerprint density at radius 2 is 1.57 bits per heavy atom. The summed E-state index contributed by atoms with van der Waals surface area (Å²) >= 11 is 0. The number of methoxy groups -OCH3 is 2. The zero-order valence-electron chi connectivity index (χ0n) is 16.9. The lowest BCUT2D eigenvalue weighted by molar-refractivity contribution is -0.122. The number of ether oxygens (including phenoxy) is 2. The lowest BCUT2D eigenvalue weighted by Crippen LogP contribution is -2.38. The molecule has 6 heteroatoms. The number of allylic oxidation sites excluding steroid dienone is 2. The van der Waals surface area contributed by atoms with Crippen LogP contribution in [0.15, 0.2) is 59.8 Å². The molecule has 154 valence electrons. The molecule has 0 spiro atoms. The van der Waals surface area contributed by atoms with Crippen LogP contribution in [-0.4, -0.2) is 31.9 Å². The third-order valence-electron chi connectivity index (χ3n) is 5.86. The summed E-state index contributed by atoms with van der Waals surface area (Å²) in [6.07, 6.45) is 1.23. The van der Waals surface area contributed by atoms with Crippen LogP contribution >= 0.6 is 0 Å². The van der Waals surface area contributed by atoms with Gasteiger partial charge in [0.05, 0.1) is 19.8 Å². The van der Waals surface area contributed by atoms with Crippen LogP contribution in [0.2, 0.25) is 0 Å². The summed E-state index contributed by atoms with van der Waals surface area (Å²) in [6.45, 7) is 0. The third kappa shape index (κ3) is 3.73. The number of hydrogen-bond donors (Lipinski definition) is 1. The maximum atomic E-state index is 13.1. The maximum absolute atomic E-state index is 13.1. The Labute approximate surface area is 174 Å². The Bertz CT molecular complexity index is 1020. The van der Waals surface area contributed by atoms with Crippen LogP contribution in [0.1, 0.15) is 52.6 Å². The fourth-order valence-corrected chi connectivity index (χ4v) is 4.33. The summed E-state index contributed by atoms with van der Waals surface area (Å²) in [5.74, 6) is 0.0203. The normalized spacial score (nSPS) is 21.0. The Hall–Kier alpha value is -3.41. The van der Waals surface area contributed by atoms with E-state index in [1.165, 1.54) is 7.11 Å². The van der Waals surface area contributed by atoms with E-state index in [2.05, 4.69) is 5.32 Å². The molecule has 2 aromatic carbocycles. The van der Waals surface area contributed by atoms with E-state index in [1.807, 2.05) is 24.3 Å². The van der Waals surface area contributed by atoms with Crippen LogP contribution in [0.25, 0.3) is 0 Å². The number of hydrogen-bond acceptors (Lipinski definition) is 5. The molecule has 1 amide bonds. The number of Topliss-reactive ketones (excluding diaryl/α,β-unsaturated/α-hetero) is 1. The molecule has 2 unspecified atom stereocenters. The van der Waals surface area contributed by atoms with Crippen molar-refractivity contribution in [1.82, 2.24) is 5.32 Å². The first kappa shape index (κ1) is 19.9. The van der Waals surface area contributed by atoms with Gasteiger partial charge in [0.1, 0.15) is 5.75 Å². The predicted molar refractivity (Wildman–Crippen MR) is 110 cm³/mol. The number of benzene rings is 2. The van der Waals surface area contributed by atoms with Crippen molar-refractivity contribution in [2.75, 3.05) is 14.2 Å². The maximum Gasteiger partial charge on any atom is 0.337 e. The highest BCUT2D eigenvalue weighted by Crippen LogP contribution is 2.42. The number of rotatable bonds is 4. The van der Waals surface area contributed by atoms with Crippen molar-refractivity contribution < 1.29 is 23.9 Å². The van der Waals surface area contributed by atoms with Crippen molar-refractivity contribution >= 4 is 17.7 Å². The van der Waals surface area contributed by atoms with Crippen molar-refractivity contribution in [2.24, 2.45) is 0 Å². The second-order valence-corrected chi connectivity index (χ2v) is 7.61. The molecule has 2 aliphatic rings. The van der Waals surface area contributed by atoms with E-state index < -0.39 is 5.97 Å². The predicted octanol–water partition coefficient (Wildman–Crippen LogP) is 3.49. The van der Waals surface area contributed by atoms with Crippen LogP contribution < -0.4 is 10.1 Å². The standard InChI is InChI=1S/C24H23NO5/c1-29-18-9-7-14(8-10-18)17-11-20-23(21(26)12-17)19(13-22(27)25-20)15-3-5-16(6-4-15)24(28)30-2/h3-10,17,19H,11-13H2,1-2H3,(H,25,27). The highest BCUT2D eigenvalue weighted by molar-refractivity contribution is 6.02. The van der Waals surface area contributed by atoms with Crippen molar-refractivity contribution in [1.29, 1.82) is 0 Å². The van der Waals surface area contributed by atoms with Gasteiger partial charge in [0.15, 0.2) is 5.78 Å². The van der Waals surface area contributed by atoms with E-state index in [1.54, 1.807) is 31.4 Å². The molecule has 0 bridgehead atoms. The van der Waals surface area contributed by atoms with Crippen molar-refractivity contribution in [3.8, 4) is 5.75 Å². The fraction of sp³-hybridized carbons (Fsp3) is 0.292. The molecular weight excluding hydrogens is 382 g/mol. The van der Waals surface area contributed by atoms with Gasteiger partial charge in [-0.2, -0.15) is 0 Å². The quantitative estimate of drug-likeness (QED) is 0.788. The molecule has 1 aliphatic carbocycles. The fourth-order valence-electron chi connectivity index (χ4n) is 4.33. The largest absolute Gasteiger partial charge is 0.497 e. The molecule has 4 rings (SSSR count). The summed E-state index contributed by atoms with van der Waals surface area (Å²) in [5.41, 5.74) is 3.73. The van der Waals surface area contributed by atoms with E-state index in [0.29, 0.717) is 29.7 Å². The average Bonchev–Trinajstić information content (AvgIpc) is 2.77. The van der Waals surface area contributed by atoms with Gasteiger partial charge in [-0.05, 0) is 47.7 Å². The van der Waals surface area contributed by atoms with Gasteiger partial charge < -0.3 is 14.8 Å². The van der Waals surface area contributed by atoms with Gasteiger partial charge in [0.2, 0.25) is 5.91 Å². The first-order valence-corrected chi connectivity index (χ1v) is 9.88. The molecule has 1 aliphatic heterocycles. The number of carbonyl (C=O) groups is 3. The van der Waals surface area contributed by atoms with Crippen LogP contribution in [0.3, 0.4) is 0 Å². The SMILES string of the molecule is COC(=O)c1ccc(C2CC(=O)NC3=C2C(=O)CC(c2ccc(OC)cc2)C3)cc1. The lowest BCUT2D eigenvalue weighted by atomic mass is 9.73. The molecule has 1 N–H and O–H groups in total. The molecule has 0 saturated carbocycles. The van der Waals surface area contributed by atoms with E-state index in [4.69, 9.17) is 9.47 Å². The molecule has 0 saturated heterocycles. The van der Waals surface area contributed by atoms with Crippen molar-refractivity contribution in [3.05, 3.63) is 76.5 Å². The molecule has 2 atom stereocenters. The molecular formula is C24H23NO5. The van der Waals surface area contributed by atoms with E-state index >= 15 is 0 Å². The van der Waals surface area contributed by atoms with Gasteiger partial charge in [0, 0.05) is 30.0 Å². The first-order valence-electron chi connectivity index (χ1n) is 9.88. The molecule has 1 heterocycles. The zero-order chi connectivity index (χ0) is 21.3. The van der Waals surface area contributed by atoms with Crippen LogP contribution in [-0.2, 0) is 14.3 Å². The van der Waals surface area contributed by atoms with E-state index in [9.17, 15) is 14.4 Å². The van der Waals surface area contributed by atoms with Crippen LogP contribution in [0, 0.1) is 0 Å². The third-order valence-corrected chi connectivity index (χ3v) is 5.86. The minimum absolute atomic E-state index is 0.0166. The highest BCUT2D eigenvalue weighted by Gasteiger charge is 2.38. The van der Waals surface area contributed by atoms with Gasteiger partial charge in [0.25, 0.3) is 0 Å². The Morgan fingerprint density at radius 1 is 0.900 bits per heavy atom. The van der Waals surface area contributed by atoms with Crippen LogP contribution in [0.5, 0.6) is 5.75 Å². The van der Waals surface area contributed by atoms with E-state index in [-0.39, 0.29) is 29.9 Å². The van der Waals surface area contributed by atoms with Gasteiger partial charge in [-0.3, -0.25) is 9.59 Å². The molecule has 2 aromatic rings. The average molecular weight is 405 g/mol. The van der Waals surface area contributed by atoms with Gasteiger partial charge in [-0.1, -0.05) is 24.3 Å². The highest BCUT2D eigenvalue weighted by atomic mass is 16.5. The van der Waals surface area contributed by atoms with E-state index in [0.717, 1.165) is 16.9 Å². The number of carbonyl (C=O) groups excluding carboxylic acids is 3. The molecule has 30 heavy (non-hydrogen) atoms. The summed E-state index contributed by atoms with van der Waals surface area (Å²) in [4.78, 5) is 37.2. The minimum atomic E-state index is -0.418. The first-order chi connectivity index (χ1) is 14.5. The number of nitrogens with one attached hydrogen (secondary N) is 1. The Balaban J connectivity index is 1.64. The summed E-state index contributed by atoms with van der Waals surface area (Å²) < 4.78 is 9.94. The Kier molecular flexibility index (Phi) is 5.40. The summed E-state index contributed by atoms with van der Waals surface area (Å²) in [7, 11) is 2.95. The second-order valence-electron chi connectivity index (χ2n) is 7.61. The van der Waals surface area contributed by atoms with Gasteiger partial charge in [-0.25, -0.2) is 4.79 Å². The molecule has 6 nitrogen and oxygen atoms in total. The van der Waals surface area contributed by atoms with Gasteiger partial charge in [-0.15, -0.1) is 0 Å². The van der Waals surface area contributed by atoms with Crippen LogP contribution in [0.4, 0.5) is 0 Å². The summed E-state index contributed by atoms with van der Waals surface area (Å²) in [6, 6.07) is 14.6. The number of amides is 1. The topological polar surface area (TPSA) is 81.7 Å². The smallest absolute Gasteiger partial charge is 0.337 e. The number of ketones is 1. The minimum Gasteiger partial charge on any atom is -0.497 e. The number of esters is 1. The lowest BCUT2D eigenvalue weighted by Gasteiger charge is -2.34. The molecule has 0 fully saturated rings. The molecule has 0 aromatic heterocycles. The Morgan fingerprint density at radius 3 is 2.20 bits per heavy atom. The van der Waals surface area contributed by atoms with Crippen molar-refractivity contribution in [3.63, 3.8) is 0 Å². The van der Waals surface area contributed by atoms with Gasteiger partial charge >= 0.3 is 5.97 Å². The zero-order valence-corrected chi connectivity index (χ0v) is 16.9. The monoisotopic (exact) mass is 405 g/mol.